The average Bonchev–Trinajstić information content (AvgIpc) is 2.67. The monoisotopic (exact) mass is 384 g/mol. The Hall–Kier alpha value is -1.91. The third-order valence-electron chi connectivity index (χ3n) is 7.71. The highest BCUT2D eigenvalue weighted by atomic mass is 19.1. The normalized spacial score (nSPS) is 34.5. The van der Waals surface area contributed by atoms with Gasteiger partial charge in [-0.3, -0.25) is 9.59 Å². The molecule has 28 heavy (non-hydrogen) atoms. The lowest BCUT2D eigenvalue weighted by Crippen LogP contribution is -2.56. The van der Waals surface area contributed by atoms with Crippen LogP contribution in [0.3, 0.4) is 0 Å². The first-order valence-corrected chi connectivity index (χ1v) is 10.9. The summed E-state index contributed by atoms with van der Waals surface area (Å²) in [5.41, 5.74) is 0.291. The number of nitrogens with one attached hydrogen (secondary N) is 1. The topological polar surface area (TPSA) is 49.4 Å². The molecule has 1 aromatic carbocycles. The standard InChI is InChI=1S/C23H29FN2O2/c24-19-3-1-2-18(11-19)21(27)26-6-4-20(5-7-26)25-22(28)23-12-15-8-16(13-23)10-17(9-15)14-23/h1-3,11,15-17,20H,4-10,12-14H2,(H,25,28). The third-order valence-corrected chi connectivity index (χ3v) is 7.71. The number of nitrogens with zero attached hydrogens (tertiary/aromatic N) is 1. The molecule has 1 saturated heterocycles. The van der Waals surface area contributed by atoms with E-state index in [-0.39, 0.29) is 29.1 Å². The predicted molar refractivity (Wildman–Crippen MR) is 104 cm³/mol. The zero-order valence-electron chi connectivity index (χ0n) is 16.3. The summed E-state index contributed by atoms with van der Waals surface area (Å²) in [5, 5.41) is 3.35. The van der Waals surface area contributed by atoms with Crippen molar-refractivity contribution in [1.29, 1.82) is 0 Å². The smallest absolute Gasteiger partial charge is 0.253 e. The largest absolute Gasteiger partial charge is 0.353 e. The lowest BCUT2D eigenvalue weighted by molar-refractivity contribution is -0.147. The van der Waals surface area contributed by atoms with Crippen molar-refractivity contribution in [2.75, 3.05) is 13.1 Å². The zero-order valence-corrected chi connectivity index (χ0v) is 16.3. The molecule has 4 saturated carbocycles. The summed E-state index contributed by atoms with van der Waals surface area (Å²) in [6.45, 7) is 1.22. The summed E-state index contributed by atoms with van der Waals surface area (Å²) in [6, 6.07) is 6.02. The molecule has 1 heterocycles. The summed E-state index contributed by atoms with van der Waals surface area (Å²) < 4.78 is 13.4. The molecule has 4 aliphatic carbocycles. The van der Waals surface area contributed by atoms with Gasteiger partial charge in [0.05, 0.1) is 0 Å². The van der Waals surface area contributed by atoms with Gasteiger partial charge in [0, 0.05) is 30.1 Å². The van der Waals surface area contributed by atoms with Crippen molar-refractivity contribution in [3.63, 3.8) is 0 Å². The number of hydrogen-bond donors (Lipinski definition) is 1. The van der Waals surface area contributed by atoms with Gasteiger partial charge in [-0.15, -0.1) is 0 Å². The van der Waals surface area contributed by atoms with E-state index in [2.05, 4.69) is 5.32 Å². The molecule has 1 N–H and O–H groups in total. The summed E-state index contributed by atoms with van der Waals surface area (Å²) in [6.07, 6.45) is 8.83. The van der Waals surface area contributed by atoms with Gasteiger partial charge in [-0.05, 0) is 87.3 Å². The van der Waals surface area contributed by atoms with E-state index in [1.807, 2.05) is 0 Å². The average molecular weight is 384 g/mol. The predicted octanol–water partition coefficient (Wildman–Crippen LogP) is 3.76. The van der Waals surface area contributed by atoms with Gasteiger partial charge in [0.15, 0.2) is 0 Å². The van der Waals surface area contributed by atoms with E-state index in [0.29, 0.717) is 18.7 Å². The lowest BCUT2D eigenvalue weighted by atomic mass is 9.49. The molecular formula is C23H29FN2O2. The quantitative estimate of drug-likeness (QED) is 0.863. The van der Waals surface area contributed by atoms with Crippen molar-refractivity contribution in [2.45, 2.75) is 57.4 Å². The first-order chi connectivity index (χ1) is 13.5. The fourth-order valence-electron chi connectivity index (χ4n) is 6.76. The molecule has 6 rings (SSSR count). The summed E-state index contributed by atoms with van der Waals surface area (Å²) in [5.74, 6) is 2.07. The second kappa shape index (κ2) is 6.85. The van der Waals surface area contributed by atoms with Gasteiger partial charge in [0.25, 0.3) is 5.91 Å². The van der Waals surface area contributed by atoms with Crippen molar-refractivity contribution in [1.82, 2.24) is 10.2 Å². The number of benzene rings is 1. The molecule has 5 heteroatoms. The van der Waals surface area contributed by atoms with Crippen LogP contribution >= 0.6 is 0 Å². The number of rotatable bonds is 3. The van der Waals surface area contributed by atoms with Crippen molar-refractivity contribution >= 4 is 11.8 Å². The first kappa shape index (κ1) is 18.1. The number of carbonyl (C=O) groups is 2. The molecule has 150 valence electrons. The molecule has 5 aliphatic rings. The lowest BCUT2D eigenvalue weighted by Gasteiger charge is -2.56. The van der Waals surface area contributed by atoms with Crippen LogP contribution in [0.4, 0.5) is 4.39 Å². The Labute approximate surface area is 165 Å². The van der Waals surface area contributed by atoms with Crippen LogP contribution in [0, 0.1) is 29.0 Å². The van der Waals surface area contributed by atoms with Gasteiger partial charge in [-0.2, -0.15) is 0 Å². The minimum absolute atomic E-state index is 0.108. The summed E-state index contributed by atoms with van der Waals surface area (Å²) in [4.78, 5) is 27.6. The highest BCUT2D eigenvalue weighted by Crippen LogP contribution is 2.60. The number of likely N-dealkylation sites (tertiary alicyclic amines) is 1. The highest BCUT2D eigenvalue weighted by molar-refractivity contribution is 5.94. The SMILES string of the molecule is O=C(c1cccc(F)c1)N1CCC(NC(=O)C23CC4CC(CC(C4)C2)C3)CC1. The molecule has 0 aromatic heterocycles. The number of hydrogen-bond acceptors (Lipinski definition) is 2. The minimum Gasteiger partial charge on any atom is -0.353 e. The van der Waals surface area contributed by atoms with Gasteiger partial charge in [-0.25, -0.2) is 4.39 Å². The van der Waals surface area contributed by atoms with E-state index < -0.39 is 0 Å². The van der Waals surface area contributed by atoms with Gasteiger partial charge < -0.3 is 10.2 Å². The van der Waals surface area contributed by atoms with E-state index in [1.165, 1.54) is 31.4 Å². The maximum absolute atomic E-state index is 13.4. The molecule has 0 spiro atoms. The molecule has 0 atom stereocenters. The van der Waals surface area contributed by atoms with Crippen molar-refractivity contribution in [2.24, 2.45) is 23.2 Å². The maximum atomic E-state index is 13.4. The Morgan fingerprint density at radius 2 is 1.61 bits per heavy atom. The highest BCUT2D eigenvalue weighted by Gasteiger charge is 2.54. The molecule has 2 amide bonds. The second-order valence-corrected chi connectivity index (χ2v) is 9.75. The summed E-state index contributed by atoms with van der Waals surface area (Å²) in [7, 11) is 0. The van der Waals surface area contributed by atoms with Gasteiger partial charge in [-0.1, -0.05) is 6.07 Å². The van der Waals surface area contributed by atoms with Crippen molar-refractivity contribution < 1.29 is 14.0 Å². The van der Waals surface area contributed by atoms with Crippen LogP contribution in [0.2, 0.25) is 0 Å². The molecule has 5 fully saturated rings. The van der Waals surface area contributed by atoms with Crippen molar-refractivity contribution in [3.05, 3.63) is 35.6 Å². The van der Waals surface area contributed by atoms with Crippen molar-refractivity contribution in [3.8, 4) is 0 Å². The Balaban J connectivity index is 1.18. The Morgan fingerprint density at radius 1 is 1.00 bits per heavy atom. The zero-order chi connectivity index (χ0) is 19.3. The van der Waals surface area contributed by atoms with Crippen LogP contribution in [-0.4, -0.2) is 35.8 Å². The number of halogens is 1. The first-order valence-electron chi connectivity index (χ1n) is 10.9. The fraction of sp³-hybridized carbons (Fsp3) is 0.652. The Bertz CT molecular complexity index is 749. The summed E-state index contributed by atoms with van der Waals surface area (Å²) >= 11 is 0. The molecule has 1 aromatic rings. The van der Waals surface area contributed by atoms with Crippen LogP contribution in [0.1, 0.15) is 61.7 Å². The van der Waals surface area contributed by atoms with E-state index in [4.69, 9.17) is 0 Å². The van der Waals surface area contributed by atoms with Crippen LogP contribution in [0.5, 0.6) is 0 Å². The van der Waals surface area contributed by atoms with Gasteiger partial charge >= 0.3 is 0 Å². The Kier molecular flexibility index (Phi) is 4.44. The number of amides is 2. The molecule has 1 aliphatic heterocycles. The third kappa shape index (κ3) is 3.23. The molecular weight excluding hydrogens is 355 g/mol. The number of carbonyl (C=O) groups excluding carboxylic acids is 2. The number of piperidine rings is 1. The fourth-order valence-corrected chi connectivity index (χ4v) is 6.76. The van der Waals surface area contributed by atoms with Crippen LogP contribution in [0.25, 0.3) is 0 Å². The van der Waals surface area contributed by atoms with Gasteiger partial charge in [0.1, 0.15) is 5.82 Å². The van der Waals surface area contributed by atoms with E-state index in [0.717, 1.165) is 49.9 Å². The van der Waals surface area contributed by atoms with Gasteiger partial charge in [0.2, 0.25) is 5.91 Å². The van der Waals surface area contributed by atoms with E-state index in [1.54, 1.807) is 17.0 Å². The van der Waals surface area contributed by atoms with Crippen LogP contribution in [-0.2, 0) is 4.79 Å². The van der Waals surface area contributed by atoms with E-state index >= 15 is 0 Å². The van der Waals surface area contributed by atoms with E-state index in [9.17, 15) is 14.0 Å². The Morgan fingerprint density at radius 3 is 2.18 bits per heavy atom. The molecule has 0 radical (unpaired) electrons. The molecule has 0 unspecified atom stereocenters. The minimum atomic E-state index is -0.386. The molecule has 4 bridgehead atoms. The maximum Gasteiger partial charge on any atom is 0.253 e. The molecule has 4 nitrogen and oxygen atoms in total. The second-order valence-electron chi connectivity index (χ2n) is 9.75. The van der Waals surface area contributed by atoms with Crippen LogP contribution < -0.4 is 5.32 Å². The van der Waals surface area contributed by atoms with Crippen LogP contribution in [0.15, 0.2) is 24.3 Å².